The quantitative estimate of drug-likeness (QED) is 0.198. The highest BCUT2D eigenvalue weighted by Crippen LogP contribution is 2.45. The number of benzene rings is 1. The van der Waals surface area contributed by atoms with Gasteiger partial charge in [-0.05, 0) is 57.1 Å². The summed E-state index contributed by atoms with van der Waals surface area (Å²) < 4.78 is 20.7. The Morgan fingerprint density at radius 3 is 2.21 bits per heavy atom. The highest BCUT2D eigenvalue weighted by atomic mass is 16.5. The molecule has 1 aliphatic carbocycles. The maximum atomic E-state index is 12.5. The molecule has 0 spiro atoms. The van der Waals surface area contributed by atoms with Gasteiger partial charge in [0.2, 0.25) is 11.6 Å². The second-order valence-corrected chi connectivity index (χ2v) is 9.16. The minimum atomic E-state index is -0.680. The topological polar surface area (TPSA) is 188 Å². The summed E-state index contributed by atoms with van der Waals surface area (Å²) in [6.45, 7) is 6.73. The van der Waals surface area contributed by atoms with Gasteiger partial charge in [-0.25, -0.2) is 9.59 Å². The van der Waals surface area contributed by atoms with E-state index in [-0.39, 0.29) is 86.4 Å². The molecule has 0 aliphatic heterocycles. The molecular formula is C30H23N3O10. The van der Waals surface area contributed by atoms with E-state index < -0.39 is 23.5 Å². The number of phenols is 1. The van der Waals surface area contributed by atoms with Crippen molar-refractivity contribution < 1.29 is 42.6 Å². The first kappa shape index (κ1) is 28.8. The number of hydrogen-bond acceptors (Lipinski definition) is 13. The molecule has 1 N–H and O–H groups in total. The van der Waals surface area contributed by atoms with E-state index in [2.05, 4.69) is 15.1 Å². The third-order valence-corrected chi connectivity index (χ3v) is 6.66. The standard InChI is InChI=1S/C15H12N2O5.C15H11NO5/c1-3-21-15(19)9-7(2)22-14-10(9)12(17-20)11-8(13(14)18)5-4-6-16-11;1-3-20-15(19)9-7(2)21-14-10(9)13(18)11-8(12(14)17)5-4-6-16-11/h4-6,18H,3H2,1-2H3;4-6H,3H2,1-2H3. The van der Waals surface area contributed by atoms with Crippen molar-refractivity contribution in [3.63, 3.8) is 0 Å². The van der Waals surface area contributed by atoms with E-state index >= 15 is 0 Å². The Morgan fingerprint density at radius 2 is 1.53 bits per heavy atom. The fourth-order valence-corrected chi connectivity index (χ4v) is 4.88. The molecule has 43 heavy (non-hydrogen) atoms. The van der Waals surface area contributed by atoms with Crippen LogP contribution in [0.5, 0.6) is 5.75 Å². The van der Waals surface area contributed by atoms with E-state index in [1.807, 2.05) is 0 Å². The number of pyridine rings is 2. The average Bonchev–Trinajstić information content (AvgIpc) is 3.54. The lowest BCUT2D eigenvalue weighted by molar-refractivity contribution is 0.0514. The molecule has 1 aromatic carbocycles. The Kier molecular flexibility index (Phi) is 7.55. The number of nitrogens with zero attached hydrogens (tertiary/aromatic N) is 3. The van der Waals surface area contributed by atoms with Gasteiger partial charge in [0, 0.05) is 17.8 Å². The number of carbonyl (C=O) groups excluding carboxylic acids is 4. The number of esters is 2. The van der Waals surface area contributed by atoms with Crippen molar-refractivity contribution >= 4 is 51.1 Å². The first-order chi connectivity index (χ1) is 20.7. The third-order valence-electron chi connectivity index (χ3n) is 6.66. The molecule has 6 rings (SSSR count). The van der Waals surface area contributed by atoms with E-state index in [4.69, 9.17) is 18.3 Å². The van der Waals surface area contributed by atoms with Crippen molar-refractivity contribution in [2.75, 3.05) is 13.2 Å². The van der Waals surface area contributed by atoms with Crippen LogP contribution in [-0.4, -0.2) is 51.8 Å². The van der Waals surface area contributed by atoms with E-state index in [1.165, 1.54) is 25.4 Å². The summed E-state index contributed by atoms with van der Waals surface area (Å²) in [5.41, 5.74) is 0.409. The number of aryl methyl sites for hydroxylation is 2. The zero-order chi connectivity index (χ0) is 31.0. The second-order valence-electron chi connectivity index (χ2n) is 9.16. The number of ether oxygens (including phenoxy) is 2. The molecular weight excluding hydrogens is 562 g/mol. The zero-order valence-electron chi connectivity index (χ0n) is 23.3. The van der Waals surface area contributed by atoms with Crippen LogP contribution in [-0.2, 0) is 9.47 Å². The molecule has 4 aromatic heterocycles. The van der Waals surface area contributed by atoms with Crippen LogP contribution < -0.4 is 0 Å². The first-order valence-corrected chi connectivity index (χ1v) is 13.0. The largest absolute Gasteiger partial charge is 0.504 e. The molecule has 0 unspecified atom stereocenters. The van der Waals surface area contributed by atoms with E-state index in [9.17, 15) is 29.2 Å². The van der Waals surface area contributed by atoms with Crippen molar-refractivity contribution in [1.29, 1.82) is 0 Å². The number of hydrogen-bond donors (Lipinski definition) is 1. The Hall–Kier alpha value is -5.72. The van der Waals surface area contributed by atoms with Crippen molar-refractivity contribution in [1.82, 2.24) is 9.97 Å². The van der Waals surface area contributed by atoms with Crippen LogP contribution in [0.25, 0.3) is 21.9 Å². The summed E-state index contributed by atoms with van der Waals surface area (Å²) in [5, 5.41) is 13.8. The number of carbonyl (C=O) groups is 4. The van der Waals surface area contributed by atoms with Gasteiger partial charge in [0.15, 0.2) is 17.1 Å². The van der Waals surface area contributed by atoms with Crippen LogP contribution in [0.1, 0.15) is 78.3 Å². The predicted molar refractivity (Wildman–Crippen MR) is 150 cm³/mol. The number of aromatic hydroxyl groups is 1. The van der Waals surface area contributed by atoms with E-state index in [1.54, 1.807) is 39.0 Å². The van der Waals surface area contributed by atoms with Crippen molar-refractivity contribution in [2.45, 2.75) is 27.7 Å². The van der Waals surface area contributed by atoms with Crippen LogP contribution in [0, 0.1) is 18.8 Å². The van der Waals surface area contributed by atoms with Gasteiger partial charge in [-0.15, -0.1) is 4.91 Å². The minimum Gasteiger partial charge on any atom is -0.504 e. The molecule has 4 heterocycles. The van der Waals surface area contributed by atoms with Gasteiger partial charge in [0.25, 0.3) is 0 Å². The number of rotatable bonds is 5. The molecule has 1 aliphatic rings. The highest BCUT2D eigenvalue weighted by Gasteiger charge is 2.39. The normalized spacial score (nSPS) is 11.9. The lowest BCUT2D eigenvalue weighted by Crippen LogP contribution is -2.23. The van der Waals surface area contributed by atoms with Crippen molar-refractivity contribution in [3.8, 4) is 5.75 Å². The van der Waals surface area contributed by atoms with Gasteiger partial charge in [0.1, 0.15) is 39.5 Å². The molecule has 0 bridgehead atoms. The van der Waals surface area contributed by atoms with Crippen LogP contribution in [0.15, 0.2) is 50.7 Å². The highest BCUT2D eigenvalue weighted by molar-refractivity contribution is 6.29. The van der Waals surface area contributed by atoms with Gasteiger partial charge in [-0.2, -0.15) is 0 Å². The fourth-order valence-electron chi connectivity index (χ4n) is 4.88. The predicted octanol–water partition coefficient (Wildman–Crippen LogP) is 5.50. The lowest BCUT2D eigenvalue weighted by atomic mass is 9.90. The van der Waals surface area contributed by atoms with E-state index in [0.29, 0.717) is 5.39 Å². The van der Waals surface area contributed by atoms with Gasteiger partial charge in [0.05, 0.1) is 29.7 Å². The summed E-state index contributed by atoms with van der Waals surface area (Å²) in [6.07, 6.45) is 2.89. The Balaban J connectivity index is 0.000000171. The molecule has 0 amide bonds. The molecule has 5 aromatic rings. The first-order valence-electron chi connectivity index (χ1n) is 13.0. The Labute approximate surface area is 242 Å². The average molecular weight is 586 g/mol. The van der Waals surface area contributed by atoms with Crippen molar-refractivity contribution in [3.05, 3.63) is 86.8 Å². The van der Waals surface area contributed by atoms with Crippen LogP contribution in [0.4, 0.5) is 5.69 Å². The molecule has 0 saturated carbocycles. The van der Waals surface area contributed by atoms with Crippen LogP contribution in [0.3, 0.4) is 0 Å². The van der Waals surface area contributed by atoms with Crippen molar-refractivity contribution in [2.24, 2.45) is 5.18 Å². The lowest BCUT2D eigenvalue weighted by Gasteiger charge is -2.12. The van der Waals surface area contributed by atoms with Gasteiger partial charge < -0.3 is 23.4 Å². The zero-order valence-corrected chi connectivity index (χ0v) is 23.3. The Morgan fingerprint density at radius 1 is 0.907 bits per heavy atom. The van der Waals surface area contributed by atoms with Gasteiger partial charge in [-0.3, -0.25) is 19.6 Å². The number of aromatic nitrogens is 2. The molecule has 0 saturated heterocycles. The number of nitroso groups, excluding NO2 is 1. The fraction of sp³-hybridized carbons (Fsp3) is 0.200. The third kappa shape index (κ3) is 4.60. The molecule has 13 nitrogen and oxygen atoms in total. The second kappa shape index (κ2) is 11.3. The van der Waals surface area contributed by atoms with Crippen LogP contribution >= 0.6 is 0 Å². The maximum absolute atomic E-state index is 12.5. The summed E-state index contributed by atoms with van der Waals surface area (Å²) in [7, 11) is 0. The molecule has 0 atom stereocenters. The number of fused-ring (bicyclic) bond motifs is 4. The minimum absolute atomic E-state index is 0.00139. The summed E-state index contributed by atoms with van der Waals surface area (Å²) >= 11 is 0. The summed E-state index contributed by atoms with van der Waals surface area (Å²) in [5.74, 6) is -2.16. The van der Waals surface area contributed by atoms with Crippen LogP contribution in [0.2, 0.25) is 0 Å². The molecule has 13 heteroatoms. The van der Waals surface area contributed by atoms with Gasteiger partial charge in [-0.1, -0.05) is 0 Å². The summed E-state index contributed by atoms with van der Waals surface area (Å²) in [6, 6.07) is 6.28. The Bertz CT molecular complexity index is 1990. The summed E-state index contributed by atoms with van der Waals surface area (Å²) in [4.78, 5) is 68.3. The SMILES string of the molecule is CCOC(=O)c1c(C)oc2c(O)c3cccnc3c(N=O)c12.CCOC(=O)c1c(C)oc2c1C(=O)c1ncccc1C2=O. The number of furan rings is 2. The maximum Gasteiger partial charge on any atom is 0.342 e. The monoisotopic (exact) mass is 585 g/mol. The number of phenolic OH excluding ortho intramolecular Hbond substituents is 1. The van der Waals surface area contributed by atoms with E-state index in [0.717, 1.165) is 0 Å². The molecule has 218 valence electrons. The smallest absolute Gasteiger partial charge is 0.342 e. The van der Waals surface area contributed by atoms with Gasteiger partial charge >= 0.3 is 11.9 Å². The molecule has 0 fully saturated rings. The number of ketones is 2. The molecule has 0 radical (unpaired) electrons.